The topological polar surface area (TPSA) is 66.8 Å². The minimum absolute atomic E-state index is 0.0256. The number of nitrogens with zero attached hydrogens (tertiary/aromatic N) is 1. The molecule has 0 saturated carbocycles. The predicted molar refractivity (Wildman–Crippen MR) is 79.5 cm³/mol. The van der Waals surface area contributed by atoms with Crippen molar-refractivity contribution in [1.29, 1.82) is 0 Å². The maximum Gasteiger partial charge on any atom is 0.303 e. The Labute approximate surface area is 124 Å². The Kier molecular flexibility index (Phi) is 4.96. The fraction of sp³-hybridized carbons (Fsp3) is 0.500. The van der Waals surface area contributed by atoms with Gasteiger partial charge in [0, 0.05) is 25.3 Å². The van der Waals surface area contributed by atoms with Crippen LogP contribution in [0.1, 0.15) is 30.9 Å². The Morgan fingerprint density at radius 3 is 2.86 bits per heavy atom. The smallest absolute Gasteiger partial charge is 0.303 e. The summed E-state index contributed by atoms with van der Waals surface area (Å²) < 4.78 is 4.93. The number of anilines is 1. The van der Waals surface area contributed by atoms with Gasteiger partial charge in [0.05, 0.1) is 0 Å². The number of methoxy groups -OCH3 is 1. The van der Waals surface area contributed by atoms with E-state index in [0.29, 0.717) is 6.42 Å². The van der Waals surface area contributed by atoms with Gasteiger partial charge in [-0.25, -0.2) is 0 Å². The highest BCUT2D eigenvalue weighted by Gasteiger charge is 2.30. The molecule has 0 fully saturated rings. The molecule has 1 aromatic carbocycles. The number of fused-ring (bicyclic) bond motifs is 1. The van der Waals surface area contributed by atoms with Gasteiger partial charge in [-0.05, 0) is 43.4 Å². The summed E-state index contributed by atoms with van der Waals surface area (Å²) in [5.74, 6) is -0.788. The number of carbonyl (C=O) groups is 2. The highest BCUT2D eigenvalue weighted by molar-refractivity contribution is 5.97. The molecule has 5 nitrogen and oxygen atoms in total. The summed E-state index contributed by atoms with van der Waals surface area (Å²) in [6.07, 6.45) is 2.40. The van der Waals surface area contributed by atoms with Gasteiger partial charge in [0.2, 0.25) is 0 Å². The zero-order valence-electron chi connectivity index (χ0n) is 12.5. The molecular weight excluding hydrogens is 270 g/mol. The molecule has 0 aliphatic carbocycles. The summed E-state index contributed by atoms with van der Waals surface area (Å²) in [7, 11) is 1.52. The fourth-order valence-corrected chi connectivity index (χ4v) is 2.86. The van der Waals surface area contributed by atoms with E-state index < -0.39 is 5.97 Å². The van der Waals surface area contributed by atoms with Crippen molar-refractivity contribution < 1.29 is 19.4 Å². The van der Waals surface area contributed by atoms with Gasteiger partial charge in [-0.3, -0.25) is 9.59 Å². The second kappa shape index (κ2) is 6.72. The van der Waals surface area contributed by atoms with Crippen molar-refractivity contribution >= 4 is 17.6 Å². The van der Waals surface area contributed by atoms with Crippen molar-refractivity contribution in [1.82, 2.24) is 0 Å². The number of amides is 1. The average Bonchev–Trinajstić information content (AvgIpc) is 2.73. The number of carboxylic acid groups (broad SMARTS) is 1. The first kappa shape index (κ1) is 15.5. The van der Waals surface area contributed by atoms with E-state index in [-0.39, 0.29) is 25.0 Å². The van der Waals surface area contributed by atoms with Crippen molar-refractivity contribution in [2.45, 2.75) is 38.6 Å². The van der Waals surface area contributed by atoms with Gasteiger partial charge >= 0.3 is 5.97 Å². The summed E-state index contributed by atoms with van der Waals surface area (Å²) >= 11 is 0. The number of aryl methyl sites for hydroxylation is 1. The van der Waals surface area contributed by atoms with Gasteiger partial charge in [0.15, 0.2) is 0 Å². The van der Waals surface area contributed by atoms with Gasteiger partial charge in [0.25, 0.3) is 5.91 Å². The fourth-order valence-electron chi connectivity index (χ4n) is 2.86. The van der Waals surface area contributed by atoms with Crippen LogP contribution < -0.4 is 4.90 Å². The lowest BCUT2D eigenvalue weighted by Gasteiger charge is -2.22. The number of hydrogen-bond donors (Lipinski definition) is 1. The molecule has 1 amide bonds. The molecule has 1 aliphatic heterocycles. The van der Waals surface area contributed by atoms with Crippen molar-refractivity contribution in [3.05, 3.63) is 29.3 Å². The molecule has 0 aromatic heterocycles. The monoisotopic (exact) mass is 291 g/mol. The van der Waals surface area contributed by atoms with Gasteiger partial charge in [-0.15, -0.1) is 0 Å². The Hall–Kier alpha value is -1.88. The third-order valence-electron chi connectivity index (χ3n) is 3.75. The van der Waals surface area contributed by atoms with E-state index in [2.05, 4.69) is 6.07 Å². The Balaban J connectivity index is 2.10. The van der Waals surface area contributed by atoms with Crippen molar-refractivity contribution in [2.24, 2.45) is 0 Å². The standard InChI is InChI=1S/C16H21NO4/c1-11-8-13-9-12(4-3-5-16(19)20)6-7-14(13)17(11)15(18)10-21-2/h6-7,9,11H,3-5,8,10H2,1-2H3,(H,19,20). The van der Waals surface area contributed by atoms with Crippen LogP contribution in [0.4, 0.5) is 5.69 Å². The van der Waals surface area contributed by atoms with Crippen LogP contribution in [-0.2, 0) is 27.2 Å². The summed E-state index contributed by atoms with van der Waals surface area (Å²) in [5, 5.41) is 8.67. The highest BCUT2D eigenvalue weighted by atomic mass is 16.5. The minimum atomic E-state index is -0.763. The molecule has 0 saturated heterocycles. The van der Waals surface area contributed by atoms with E-state index in [0.717, 1.165) is 29.7 Å². The number of rotatable bonds is 6. The quantitative estimate of drug-likeness (QED) is 0.870. The molecule has 5 heteroatoms. The largest absolute Gasteiger partial charge is 0.481 e. The normalized spacial score (nSPS) is 16.9. The summed E-state index contributed by atoms with van der Waals surface area (Å²) in [6.45, 7) is 2.11. The molecule has 114 valence electrons. The van der Waals surface area contributed by atoms with Gasteiger partial charge in [0.1, 0.15) is 6.61 Å². The lowest BCUT2D eigenvalue weighted by Crippen LogP contribution is -2.38. The molecule has 1 heterocycles. The Bertz CT molecular complexity index is 541. The third kappa shape index (κ3) is 3.61. The van der Waals surface area contributed by atoms with Gasteiger partial charge in [-0.2, -0.15) is 0 Å². The lowest BCUT2D eigenvalue weighted by atomic mass is 10.0. The van der Waals surface area contributed by atoms with Crippen LogP contribution in [0.25, 0.3) is 0 Å². The molecule has 0 spiro atoms. The van der Waals surface area contributed by atoms with E-state index in [1.54, 1.807) is 4.90 Å². The number of hydrogen-bond acceptors (Lipinski definition) is 3. The molecule has 1 aliphatic rings. The molecule has 1 unspecified atom stereocenters. The van der Waals surface area contributed by atoms with Crippen LogP contribution in [0.3, 0.4) is 0 Å². The molecular formula is C16H21NO4. The molecule has 2 rings (SSSR count). The third-order valence-corrected chi connectivity index (χ3v) is 3.75. The number of carboxylic acids is 1. The summed E-state index contributed by atoms with van der Waals surface area (Å²) in [6, 6.07) is 6.17. The lowest BCUT2D eigenvalue weighted by molar-refractivity contribution is -0.137. The number of carbonyl (C=O) groups excluding carboxylic acids is 1. The number of ether oxygens (including phenoxy) is 1. The van der Waals surface area contributed by atoms with Crippen LogP contribution in [0.2, 0.25) is 0 Å². The van der Waals surface area contributed by atoms with Crippen LogP contribution in [0.5, 0.6) is 0 Å². The highest BCUT2D eigenvalue weighted by Crippen LogP contribution is 2.33. The van der Waals surface area contributed by atoms with E-state index in [4.69, 9.17) is 9.84 Å². The zero-order chi connectivity index (χ0) is 15.4. The summed E-state index contributed by atoms with van der Waals surface area (Å²) in [5.41, 5.74) is 3.23. The maximum atomic E-state index is 12.1. The van der Waals surface area contributed by atoms with E-state index in [1.807, 2.05) is 19.1 Å². The molecule has 1 N–H and O–H groups in total. The molecule has 1 atom stereocenters. The minimum Gasteiger partial charge on any atom is -0.481 e. The number of benzene rings is 1. The van der Waals surface area contributed by atoms with E-state index >= 15 is 0 Å². The first-order valence-corrected chi connectivity index (χ1v) is 7.17. The van der Waals surface area contributed by atoms with Gasteiger partial charge < -0.3 is 14.7 Å². The van der Waals surface area contributed by atoms with Crippen molar-refractivity contribution in [3.63, 3.8) is 0 Å². The first-order valence-electron chi connectivity index (χ1n) is 7.17. The Morgan fingerprint density at radius 1 is 1.43 bits per heavy atom. The van der Waals surface area contributed by atoms with Crippen LogP contribution >= 0.6 is 0 Å². The SMILES string of the molecule is COCC(=O)N1c2ccc(CCCC(=O)O)cc2CC1C. The van der Waals surface area contributed by atoms with Crippen LogP contribution in [-0.4, -0.2) is 36.7 Å². The second-order valence-corrected chi connectivity index (χ2v) is 5.46. The molecule has 1 aromatic rings. The zero-order valence-corrected chi connectivity index (χ0v) is 12.5. The maximum absolute atomic E-state index is 12.1. The van der Waals surface area contributed by atoms with Gasteiger partial charge in [-0.1, -0.05) is 12.1 Å². The van der Waals surface area contributed by atoms with Crippen LogP contribution in [0, 0.1) is 0 Å². The number of aliphatic carboxylic acids is 1. The molecule has 0 bridgehead atoms. The average molecular weight is 291 g/mol. The second-order valence-electron chi connectivity index (χ2n) is 5.46. The van der Waals surface area contributed by atoms with E-state index in [9.17, 15) is 9.59 Å². The summed E-state index contributed by atoms with van der Waals surface area (Å²) in [4.78, 5) is 24.4. The predicted octanol–water partition coefficient (Wildman–Crippen LogP) is 2.02. The van der Waals surface area contributed by atoms with E-state index in [1.165, 1.54) is 7.11 Å². The Morgan fingerprint density at radius 2 is 2.19 bits per heavy atom. The van der Waals surface area contributed by atoms with Crippen molar-refractivity contribution in [3.8, 4) is 0 Å². The van der Waals surface area contributed by atoms with Crippen molar-refractivity contribution in [2.75, 3.05) is 18.6 Å². The first-order chi connectivity index (χ1) is 10.0. The molecule has 0 radical (unpaired) electrons. The molecule has 21 heavy (non-hydrogen) atoms. The van der Waals surface area contributed by atoms with Crippen LogP contribution in [0.15, 0.2) is 18.2 Å².